The molecule has 3 heteroatoms. The third kappa shape index (κ3) is 2.76. The predicted molar refractivity (Wildman–Crippen MR) is 77.7 cm³/mol. The van der Waals surface area contributed by atoms with Gasteiger partial charge < -0.3 is 9.84 Å². The number of esters is 1. The van der Waals surface area contributed by atoms with Crippen LogP contribution in [0.15, 0.2) is 11.6 Å². The van der Waals surface area contributed by atoms with Crippen molar-refractivity contribution in [1.29, 1.82) is 0 Å². The topological polar surface area (TPSA) is 46.5 Å². The quantitative estimate of drug-likeness (QED) is 0.365. The predicted octanol–water partition coefficient (Wildman–Crippen LogP) is 2.69. The Morgan fingerprint density at radius 1 is 1.65 bits per heavy atom. The van der Waals surface area contributed by atoms with Gasteiger partial charge in [-0.15, -0.1) is 0 Å². The van der Waals surface area contributed by atoms with Crippen molar-refractivity contribution in [3.05, 3.63) is 11.6 Å². The maximum absolute atomic E-state index is 11.0. The van der Waals surface area contributed by atoms with E-state index in [1.165, 1.54) is 12.7 Å². The third-order valence-corrected chi connectivity index (χ3v) is 5.05. The Labute approximate surface area is 121 Å². The van der Waals surface area contributed by atoms with Crippen LogP contribution in [0.5, 0.6) is 0 Å². The standard InChI is InChI=1S/C17H24O3/c1-12(6-4-8-16(19)20-3)13-9-10-14-15(18)7-5-11-17(13,14)2/h9,12,14-15,18H,5-7,10-11H2,1-3H3. The van der Waals surface area contributed by atoms with Crippen LogP contribution < -0.4 is 0 Å². The first-order valence-corrected chi connectivity index (χ1v) is 7.44. The first-order chi connectivity index (χ1) is 9.49. The summed E-state index contributed by atoms with van der Waals surface area (Å²) in [6.45, 7) is 4.44. The molecule has 0 aromatic carbocycles. The maximum Gasteiger partial charge on any atom is 0.384 e. The molecule has 2 aliphatic rings. The zero-order valence-corrected chi connectivity index (χ0v) is 12.6. The minimum absolute atomic E-state index is 0.115. The van der Waals surface area contributed by atoms with Crippen molar-refractivity contribution in [3.8, 4) is 11.8 Å². The van der Waals surface area contributed by atoms with E-state index in [1.807, 2.05) is 0 Å². The first-order valence-electron chi connectivity index (χ1n) is 7.44. The molecule has 110 valence electrons. The van der Waals surface area contributed by atoms with Crippen LogP contribution >= 0.6 is 0 Å². The van der Waals surface area contributed by atoms with Crippen molar-refractivity contribution < 1.29 is 14.6 Å². The summed E-state index contributed by atoms with van der Waals surface area (Å²) in [6, 6.07) is 0. The van der Waals surface area contributed by atoms with Gasteiger partial charge in [-0.05, 0) is 42.9 Å². The van der Waals surface area contributed by atoms with E-state index in [9.17, 15) is 9.90 Å². The molecule has 0 spiro atoms. The van der Waals surface area contributed by atoms with Gasteiger partial charge in [0.1, 0.15) is 0 Å². The lowest BCUT2D eigenvalue weighted by Crippen LogP contribution is -2.39. The van der Waals surface area contributed by atoms with Crippen molar-refractivity contribution in [3.63, 3.8) is 0 Å². The highest BCUT2D eigenvalue weighted by atomic mass is 16.5. The van der Waals surface area contributed by atoms with Gasteiger partial charge in [0.2, 0.25) is 0 Å². The number of ether oxygens (including phenoxy) is 1. The molecule has 1 saturated carbocycles. The first kappa shape index (κ1) is 15.1. The Bertz CT molecular complexity index is 468. The number of allylic oxidation sites excluding steroid dienone is 2. The Hall–Kier alpha value is -1.27. The lowest BCUT2D eigenvalue weighted by molar-refractivity contribution is -0.133. The van der Waals surface area contributed by atoms with E-state index in [1.54, 1.807) is 0 Å². The Morgan fingerprint density at radius 2 is 2.40 bits per heavy atom. The number of rotatable bonds is 2. The van der Waals surface area contributed by atoms with Crippen molar-refractivity contribution in [2.45, 2.75) is 52.1 Å². The van der Waals surface area contributed by atoms with E-state index >= 15 is 0 Å². The Kier molecular flexibility index (Phi) is 4.55. The molecule has 2 aliphatic carbocycles. The second kappa shape index (κ2) is 6.01. The molecule has 0 aliphatic heterocycles. The monoisotopic (exact) mass is 276 g/mol. The molecule has 2 rings (SSSR count). The van der Waals surface area contributed by atoms with E-state index in [4.69, 9.17) is 0 Å². The highest BCUT2D eigenvalue weighted by molar-refractivity contribution is 5.88. The summed E-state index contributed by atoms with van der Waals surface area (Å²) in [7, 11) is 1.34. The van der Waals surface area contributed by atoms with Crippen LogP contribution in [-0.2, 0) is 9.53 Å². The molecule has 1 fully saturated rings. The summed E-state index contributed by atoms with van der Waals surface area (Å²) in [6.07, 6.45) is 6.93. The normalized spacial score (nSPS) is 33.5. The molecule has 0 saturated heterocycles. The zero-order valence-electron chi connectivity index (χ0n) is 12.6. The molecular formula is C17H24O3. The minimum Gasteiger partial charge on any atom is -0.459 e. The summed E-state index contributed by atoms with van der Waals surface area (Å²) < 4.78 is 4.52. The fraction of sp³-hybridized carbons (Fsp3) is 0.706. The van der Waals surface area contributed by atoms with Crippen molar-refractivity contribution in [2.24, 2.45) is 17.3 Å². The van der Waals surface area contributed by atoms with Gasteiger partial charge in [0.05, 0.1) is 13.2 Å². The molecule has 20 heavy (non-hydrogen) atoms. The number of carbonyl (C=O) groups excluding carboxylic acids is 1. The summed E-state index contributed by atoms with van der Waals surface area (Å²) >= 11 is 0. The van der Waals surface area contributed by atoms with Gasteiger partial charge in [0.15, 0.2) is 0 Å². The van der Waals surface area contributed by atoms with Gasteiger partial charge >= 0.3 is 5.97 Å². The lowest BCUT2D eigenvalue weighted by atomic mass is 9.63. The molecule has 0 heterocycles. The number of fused-ring (bicyclic) bond motifs is 1. The van der Waals surface area contributed by atoms with Gasteiger partial charge in [0, 0.05) is 12.3 Å². The number of carbonyl (C=O) groups is 1. The van der Waals surface area contributed by atoms with Gasteiger partial charge in [-0.25, -0.2) is 4.79 Å². The van der Waals surface area contributed by atoms with Crippen molar-refractivity contribution in [1.82, 2.24) is 0 Å². The van der Waals surface area contributed by atoms with Crippen molar-refractivity contribution in [2.75, 3.05) is 7.11 Å². The van der Waals surface area contributed by atoms with Crippen LogP contribution in [0.25, 0.3) is 0 Å². The minimum atomic E-state index is -0.477. The van der Waals surface area contributed by atoms with Crippen LogP contribution in [0.2, 0.25) is 0 Å². The lowest BCUT2D eigenvalue weighted by Gasteiger charge is -2.43. The number of hydrogen-bond donors (Lipinski definition) is 1. The average Bonchev–Trinajstić information content (AvgIpc) is 2.77. The largest absolute Gasteiger partial charge is 0.459 e. The van der Waals surface area contributed by atoms with E-state index in [2.05, 4.69) is 36.5 Å². The number of aliphatic hydroxyl groups excluding tert-OH is 1. The highest BCUT2D eigenvalue weighted by Gasteiger charge is 2.47. The van der Waals surface area contributed by atoms with Crippen LogP contribution in [0.4, 0.5) is 0 Å². The van der Waals surface area contributed by atoms with Crippen LogP contribution in [0, 0.1) is 29.1 Å². The third-order valence-electron chi connectivity index (χ3n) is 5.05. The molecule has 0 radical (unpaired) electrons. The maximum atomic E-state index is 11.0. The Balaban J connectivity index is 2.05. The zero-order chi connectivity index (χ0) is 14.8. The van der Waals surface area contributed by atoms with Crippen LogP contribution in [0.1, 0.15) is 46.0 Å². The SMILES string of the molecule is COC(=O)C#CCC(C)C1=CCC2C(O)CCCC12C. The molecular weight excluding hydrogens is 252 g/mol. The van der Waals surface area contributed by atoms with Crippen LogP contribution in [0.3, 0.4) is 0 Å². The van der Waals surface area contributed by atoms with Crippen LogP contribution in [-0.4, -0.2) is 24.3 Å². The molecule has 0 amide bonds. The molecule has 3 nitrogen and oxygen atoms in total. The molecule has 0 aromatic heterocycles. The number of hydrogen-bond acceptors (Lipinski definition) is 3. The number of methoxy groups -OCH3 is 1. The average molecular weight is 276 g/mol. The molecule has 0 bridgehead atoms. The summed E-state index contributed by atoms with van der Waals surface area (Å²) in [5.74, 6) is 5.61. The van der Waals surface area contributed by atoms with E-state index in [0.717, 1.165) is 25.7 Å². The van der Waals surface area contributed by atoms with Gasteiger partial charge in [-0.2, -0.15) is 0 Å². The fourth-order valence-corrected chi connectivity index (χ4v) is 3.95. The molecule has 0 aromatic rings. The second-order valence-corrected chi connectivity index (χ2v) is 6.28. The second-order valence-electron chi connectivity index (χ2n) is 6.28. The number of aliphatic hydroxyl groups is 1. The van der Waals surface area contributed by atoms with Crippen molar-refractivity contribution >= 4 is 5.97 Å². The van der Waals surface area contributed by atoms with Gasteiger partial charge in [0.25, 0.3) is 0 Å². The van der Waals surface area contributed by atoms with E-state index in [-0.39, 0.29) is 11.5 Å². The highest BCUT2D eigenvalue weighted by Crippen LogP contribution is 2.54. The summed E-state index contributed by atoms with van der Waals surface area (Å²) in [4.78, 5) is 11.0. The molecule has 4 atom stereocenters. The Morgan fingerprint density at radius 3 is 3.10 bits per heavy atom. The van der Waals surface area contributed by atoms with Gasteiger partial charge in [-0.3, -0.25) is 0 Å². The van der Waals surface area contributed by atoms with E-state index < -0.39 is 5.97 Å². The summed E-state index contributed by atoms with van der Waals surface area (Å²) in [5, 5.41) is 10.2. The molecule has 4 unspecified atom stereocenters. The van der Waals surface area contributed by atoms with E-state index in [0.29, 0.717) is 18.3 Å². The fourth-order valence-electron chi connectivity index (χ4n) is 3.95. The van der Waals surface area contributed by atoms with Gasteiger partial charge in [-0.1, -0.05) is 31.4 Å². The smallest absolute Gasteiger partial charge is 0.384 e. The summed E-state index contributed by atoms with van der Waals surface area (Å²) in [5.41, 5.74) is 1.53. The molecule has 1 N–H and O–H groups in total.